The number of nitrogens with zero attached hydrogens (tertiary/aromatic N) is 1. The Morgan fingerprint density at radius 1 is 1.12 bits per heavy atom. The summed E-state index contributed by atoms with van der Waals surface area (Å²) in [5, 5.41) is 2.84. The smallest absolute Gasteiger partial charge is 0.260 e. The minimum absolute atomic E-state index is 0.0318. The zero-order chi connectivity index (χ0) is 18.4. The normalized spacial score (nSPS) is 10.2. The van der Waals surface area contributed by atoms with Crippen LogP contribution in [0.25, 0.3) is 0 Å². The number of carbonyl (C=O) groups excluding carboxylic acids is 2. The molecule has 132 valence electrons. The molecule has 2 amide bonds. The van der Waals surface area contributed by atoms with E-state index in [-0.39, 0.29) is 25.0 Å². The van der Waals surface area contributed by atoms with E-state index >= 15 is 0 Å². The van der Waals surface area contributed by atoms with E-state index < -0.39 is 0 Å². The Kier molecular flexibility index (Phi) is 6.58. The zero-order valence-electron chi connectivity index (χ0n) is 14.5. The predicted molar refractivity (Wildman–Crippen MR) is 102 cm³/mol. The van der Waals surface area contributed by atoms with Crippen LogP contribution in [0, 0.1) is 13.8 Å². The van der Waals surface area contributed by atoms with Gasteiger partial charge >= 0.3 is 0 Å². The molecule has 0 atom stereocenters. The molecule has 6 heteroatoms. The molecule has 2 rings (SSSR count). The summed E-state index contributed by atoms with van der Waals surface area (Å²) < 4.78 is 6.37. The second kappa shape index (κ2) is 8.67. The molecule has 0 aliphatic heterocycles. The van der Waals surface area contributed by atoms with Crippen LogP contribution in [0.3, 0.4) is 0 Å². The predicted octanol–water partition coefficient (Wildman–Crippen LogP) is 3.54. The van der Waals surface area contributed by atoms with Crippen molar-refractivity contribution in [2.24, 2.45) is 0 Å². The lowest BCUT2D eigenvalue weighted by molar-refractivity contribution is -0.135. The lowest BCUT2D eigenvalue weighted by Gasteiger charge is -2.18. The Bertz CT molecular complexity index is 760. The van der Waals surface area contributed by atoms with Gasteiger partial charge in [0.25, 0.3) is 5.91 Å². The van der Waals surface area contributed by atoms with E-state index in [1.54, 1.807) is 19.2 Å². The molecular weight excluding hydrogens is 384 g/mol. The Balaban J connectivity index is 1.84. The average Bonchev–Trinajstić information content (AvgIpc) is 2.57. The van der Waals surface area contributed by atoms with Gasteiger partial charge in [0.15, 0.2) is 6.61 Å². The number of aryl methyl sites for hydroxylation is 2. The fourth-order valence-electron chi connectivity index (χ4n) is 2.15. The summed E-state index contributed by atoms with van der Waals surface area (Å²) in [5.41, 5.74) is 2.80. The van der Waals surface area contributed by atoms with Crippen LogP contribution in [-0.2, 0) is 9.59 Å². The molecule has 0 bridgehead atoms. The van der Waals surface area contributed by atoms with Crippen LogP contribution in [0.1, 0.15) is 11.1 Å². The van der Waals surface area contributed by atoms with E-state index in [4.69, 9.17) is 4.74 Å². The number of nitrogens with one attached hydrogen (secondary N) is 1. The SMILES string of the molecule is Cc1ccc(C)c(NC(=O)CN(C)C(=O)COc2ccc(Br)cc2)c1. The van der Waals surface area contributed by atoms with E-state index in [1.165, 1.54) is 4.90 Å². The van der Waals surface area contributed by atoms with Gasteiger partial charge in [-0.1, -0.05) is 28.1 Å². The van der Waals surface area contributed by atoms with Crippen LogP contribution in [0.5, 0.6) is 5.75 Å². The molecule has 0 aliphatic carbocycles. The third-order valence-corrected chi connectivity index (χ3v) is 4.18. The maximum Gasteiger partial charge on any atom is 0.260 e. The number of benzene rings is 2. The van der Waals surface area contributed by atoms with Gasteiger partial charge in [-0.05, 0) is 55.3 Å². The monoisotopic (exact) mass is 404 g/mol. The topological polar surface area (TPSA) is 58.6 Å². The van der Waals surface area contributed by atoms with Crippen molar-refractivity contribution in [3.63, 3.8) is 0 Å². The molecular formula is C19H21BrN2O3. The standard InChI is InChI=1S/C19H21BrN2O3/c1-13-4-5-14(2)17(10-13)21-18(23)11-22(3)19(24)12-25-16-8-6-15(20)7-9-16/h4-10H,11-12H2,1-3H3,(H,21,23). The van der Waals surface area contributed by atoms with Crippen molar-refractivity contribution >= 4 is 33.4 Å². The van der Waals surface area contributed by atoms with Gasteiger partial charge in [0.05, 0.1) is 6.54 Å². The fourth-order valence-corrected chi connectivity index (χ4v) is 2.41. The van der Waals surface area contributed by atoms with Crippen molar-refractivity contribution in [1.29, 1.82) is 0 Å². The average molecular weight is 405 g/mol. The minimum Gasteiger partial charge on any atom is -0.484 e. The van der Waals surface area contributed by atoms with Gasteiger partial charge in [-0.3, -0.25) is 9.59 Å². The molecule has 0 heterocycles. The van der Waals surface area contributed by atoms with Gasteiger partial charge < -0.3 is 15.0 Å². The number of ether oxygens (including phenoxy) is 1. The molecule has 2 aromatic rings. The van der Waals surface area contributed by atoms with Crippen LogP contribution in [0.2, 0.25) is 0 Å². The van der Waals surface area contributed by atoms with Crippen LogP contribution < -0.4 is 10.1 Å². The highest BCUT2D eigenvalue weighted by Crippen LogP contribution is 2.17. The number of amides is 2. The second-order valence-electron chi connectivity index (χ2n) is 5.86. The molecule has 25 heavy (non-hydrogen) atoms. The highest BCUT2D eigenvalue weighted by atomic mass is 79.9. The van der Waals surface area contributed by atoms with Crippen LogP contribution in [0.15, 0.2) is 46.9 Å². The highest BCUT2D eigenvalue weighted by molar-refractivity contribution is 9.10. The number of anilines is 1. The molecule has 5 nitrogen and oxygen atoms in total. The highest BCUT2D eigenvalue weighted by Gasteiger charge is 2.14. The van der Waals surface area contributed by atoms with Gasteiger partial charge in [0.2, 0.25) is 5.91 Å². The first-order valence-corrected chi connectivity index (χ1v) is 8.64. The number of hydrogen-bond donors (Lipinski definition) is 1. The summed E-state index contributed by atoms with van der Waals surface area (Å²) in [6, 6.07) is 13.1. The molecule has 0 fully saturated rings. The minimum atomic E-state index is -0.265. The maximum atomic E-state index is 12.2. The van der Waals surface area contributed by atoms with Gasteiger partial charge in [0, 0.05) is 17.2 Å². The molecule has 0 aromatic heterocycles. The van der Waals surface area contributed by atoms with Crippen molar-refractivity contribution in [3.8, 4) is 5.75 Å². The quantitative estimate of drug-likeness (QED) is 0.800. The van der Waals surface area contributed by atoms with Crippen molar-refractivity contribution < 1.29 is 14.3 Å². The van der Waals surface area contributed by atoms with Gasteiger partial charge in [-0.2, -0.15) is 0 Å². The van der Waals surface area contributed by atoms with E-state index in [0.29, 0.717) is 5.75 Å². The van der Waals surface area contributed by atoms with Crippen molar-refractivity contribution in [2.45, 2.75) is 13.8 Å². The van der Waals surface area contributed by atoms with E-state index in [9.17, 15) is 9.59 Å². The van der Waals surface area contributed by atoms with Crippen LogP contribution in [-0.4, -0.2) is 36.9 Å². The molecule has 2 aromatic carbocycles. The summed E-state index contributed by atoms with van der Waals surface area (Å²) >= 11 is 3.34. The summed E-state index contributed by atoms with van der Waals surface area (Å²) in [6.45, 7) is 3.74. The molecule has 0 radical (unpaired) electrons. The Morgan fingerprint density at radius 3 is 2.48 bits per heavy atom. The summed E-state index contributed by atoms with van der Waals surface area (Å²) in [4.78, 5) is 25.6. The van der Waals surface area contributed by atoms with Crippen molar-refractivity contribution in [1.82, 2.24) is 4.90 Å². The third kappa shape index (κ3) is 5.90. The first-order valence-electron chi connectivity index (χ1n) is 7.84. The lowest BCUT2D eigenvalue weighted by atomic mass is 10.1. The second-order valence-corrected chi connectivity index (χ2v) is 6.77. The number of likely N-dealkylation sites (N-methyl/N-ethyl adjacent to an activating group) is 1. The van der Waals surface area contributed by atoms with E-state index in [2.05, 4.69) is 21.2 Å². The number of rotatable bonds is 6. The number of halogens is 1. The van der Waals surface area contributed by atoms with Crippen molar-refractivity contribution in [2.75, 3.05) is 25.5 Å². The van der Waals surface area contributed by atoms with Crippen LogP contribution >= 0.6 is 15.9 Å². The van der Waals surface area contributed by atoms with Gasteiger partial charge in [-0.15, -0.1) is 0 Å². The Labute approximate surface area is 156 Å². The molecule has 0 unspecified atom stereocenters. The molecule has 0 aliphatic rings. The Hall–Kier alpha value is -2.34. The van der Waals surface area contributed by atoms with Gasteiger partial charge in [-0.25, -0.2) is 0 Å². The molecule has 0 spiro atoms. The Morgan fingerprint density at radius 2 is 1.80 bits per heavy atom. The first-order chi connectivity index (χ1) is 11.8. The van der Waals surface area contributed by atoms with E-state index in [1.807, 2.05) is 44.2 Å². The molecule has 1 N–H and O–H groups in total. The van der Waals surface area contributed by atoms with Crippen molar-refractivity contribution in [3.05, 3.63) is 58.1 Å². The van der Waals surface area contributed by atoms with Gasteiger partial charge in [0.1, 0.15) is 5.75 Å². The largest absolute Gasteiger partial charge is 0.484 e. The third-order valence-electron chi connectivity index (χ3n) is 3.65. The summed E-state index contributed by atoms with van der Waals surface area (Å²) in [7, 11) is 1.58. The molecule has 0 saturated carbocycles. The number of carbonyl (C=O) groups is 2. The number of hydrogen-bond acceptors (Lipinski definition) is 3. The summed E-state index contributed by atoms with van der Waals surface area (Å²) in [6.07, 6.45) is 0. The fraction of sp³-hybridized carbons (Fsp3) is 0.263. The maximum absolute atomic E-state index is 12.2. The van der Waals surface area contributed by atoms with E-state index in [0.717, 1.165) is 21.3 Å². The lowest BCUT2D eigenvalue weighted by Crippen LogP contribution is -2.37. The summed E-state index contributed by atoms with van der Waals surface area (Å²) in [5.74, 6) is 0.0945. The first kappa shape index (κ1) is 19.0. The zero-order valence-corrected chi connectivity index (χ0v) is 16.1. The van der Waals surface area contributed by atoms with Crippen LogP contribution in [0.4, 0.5) is 5.69 Å². The molecule has 0 saturated heterocycles.